The minimum Gasteiger partial charge on any atom is -0.477 e. The van der Waals surface area contributed by atoms with Crippen LogP contribution in [-0.2, 0) is 6.54 Å². The van der Waals surface area contributed by atoms with E-state index in [0.717, 1.165) is 18.3 Å². The molecule has 0 bridgehead atoms. The van der Waals surface area contributed by atoms with Gasteiger partial charge in [0.1, 0.15) is 11.4 Å². The Morgan fingerprint density at radius 2 is 2.00 bits per heavy atom. The van der Waals surface area contributed by atoms with Gasteiger partial charge in [-0.15, -0.1) is 0 Å². The minimum absolute atomic E-state index is 0.0193. The summed E-state index contributed by atoms with van der Waals surface area (Å²) < 4.78 is 15.2. The van der Waals surface area contributed by atoms with Gasteiger partial charge in [-0.1, -0.05) is 6.07 Å². The van der Waals surface area contributed by atoms with Crippen LogP contribution in [0.1, 0.15) is 26.3 Å². The number of rotatable bonds is 4. The Morgan fingerprint density at radius 1 is 1.29 bits per heavy atom. The predicted octanol–water partition coefficient (Wildman–Crippen LogP) is 0.833. The lowest BCUT2D eigenvalue weighted by atomic mass is 10.1. The van der Waals surface area contributed by atoms with E-state index in [-0.39, 0.29) is 17.7 Å². The molecule has 7 heteroatoms. The lowest BCUT2D eigenvalue weighted by Crippen LogP contribution is -2.17. The molecule has 1 aromatic heterocycles. The Bertz CT molecular complexity index is 783. The SMILES string of the molecule is NC(=O)c1ccc(Cn2ccc(=O)c(C(=O)O)c2)c(F)c1. The molecule has 3 N–H and O–H groups in total. The molecule has 108 valence electrons. The van der Waals surface area contributed by atoms with Gasteiger partial charge in [0, 0.05) is 36.1 Å². The van der Waals surface area contributed by atoms with Crippen molar-refractivity contribution in [1.82, 2.24) is 4.57 Å². The van der Waals surface area contributed by atoms with Gasteiger partial charge in [-0.05, 0) is 12.1 Å². The highest BCUT2D eigenvalue weighted by molar-refractivity contribution is 5.92. The number of aromatic carboxylic acids is 1. The molecule has 6 nitrogen and oxygen atoms in total. The third-order valence-electron chi connectivity index (χ3n) is 2.90. The van der Waals surface area contributed by atoms with Gasteiger partial charge >= 0.3 is 5.97 Å². The van der Waals surface area contributed by atoms with E-state index in [9.17, 15) is 18.8 Å². The molecule has 0 saturated heterocycles. The van der Waals surface area contributed by atoms with Gasteiger partial charge in [-0.3, -0.25) is 9.59 Å². The number of benzene rings is 1. The minimum atomic E-state index is -1.35. The molecule has 1 aromatic carbocycles. The van der Waals surface area contributed by atoms with Crippen LogP contribution < -0.4 is 11.2 Å². The number of amides is 1. The van der Waals surface area contributed by atoms with E-state index >= 15 is 0 Å². The molecule has 0 unspecified atom stereocenters. The molecule has 0 aliphatic rings. The molecule has 0 saturated carbocycles. The molecule has 0 radical (unpaired) electrons. The topological polar surface area (TPSA) is 102 Å². The molecule has 1 amide bonds. The van der Waals surface area contributed by atoms with E-state index in [0.29, 0.717) is 0 Å². The van der Waals surface area contributed by atoms with Gasteiger partial charge < -0.3 is 15.4 Å². The average Bonchev–Trinajstić information content (AvgIpc) is 2.42. The lowest BCUT2D eigenvalue weighted by molar-refractivity contribution is 0.0694. The van der Waals surface area contributed by atoms with Gasteiger partial charge in [0.15, 0.2) is 5.43 Å². The van der Waals surface area contributed by atoms with Gasteiger partial charge in [0.05, 0.1) is 0 Å². The van der Waals surface area contributed by atoms with Crippen molar-refractivity contribution < 1.29 is 19.1 Å². The van der Waals surface area contributed by atoms with Gasteiger partial charge in [-0.2, -0.15) is 0 Å². The normalized spacial score (nSPS) is 10.3. The number of carbonyl (C=O) groups excluding carboxylic acids is 1. The third-order valence-corrected chi connectivity index (χ3v) is 2.90. The maximum atomic E-state index is 13.8. The summed E-state index contributed by atoms with van der Waals surface area (Å²) in [5.41, 5.74) is 4.31. The van der Waals surface area contributed by atoms with Crippen LogP contribution in [0.2, 0.25) is 0 Å². The van der Waals surface area contributed by atoms with Crippen LogP contribution in [0.4, 0.5) is 4.39 Å². The van der Waals surface area contributed by atoms with E-state index in [1.54, 1.807) is 0 Å². The summed E-state index contributed by atoms with van der Waals surface area (Å²) in [6.45, 7) is 0.0193. The molecule has 0 spiro atoms. The highest BCUT2D eigenvalue weighted by atomic mass is 19.1. The first-order valence-electron chi connectivity index (χ1n) is 5.90. The highest BCUT2D eigenvalue weighted by Gasteiger charge is 2.11. The number of hydrogen-bond acceptors (Lipinski definition) is 3. The first-order chi connectivity index (χ1) is 9.88. The average molecular weight is 290 g/mol. The zero-order valence-corrected chi connectivity index (χ0v) is 10.7. The van der Waals surface area contributed by atoms with Gasteiger partial charge in [0.25, 0.3) is 0 Å². The summed E-state index contributed by atoms with van der Waals surface area (Å²) in [6, 6.07) is 4.87. The maximum absolute atomic E-state index is 13.8. The zero-order valence-electron chi connectivity index (χ0n) is 10.7. The highest BCUT2D eigenvalue weighted by Crippen LogP contribution is 2.12. The quantitative estimate of drug-likeness (QED) is 0.870. The lowest BCUT2D eigenvalue weighted by Gasteiger charge is -2.09. The number of nitrogens with zero attached hydrogens (tertiary/aromatic N) is 1. The summed E-state index contributed by atoms with van der Waals surface area (Å²) in [6.07, 6.45) is 2.49. The van der Waals surface area contributed by atoms with Crippen molar-refractivity contribution in [3.05, 3.63) is 69.4 Å². The molecule has 2 aromatic rings. The molecule has 0 fully saturated rings. The number of aromatic nitrogens is 1. The number of carboxylic acid groups (broad SMARTS) is 1. The summed E-state index contributed by atoms with van der Waals surface area (Å²) in [7, 11) is 0. The van der Waals surface area contributed by atoms with Crippen LogP contribution >= 0.6 is 0 Å². The molecular formula is C14H11FN2O4. The van der Waals surface area contributed by atoms with Crippen LogP contribution in [0.3, 0.4) is 0 Å². The molecule has 1 heterocycles. The number of carboxylic acids is 1. The van der Waals surface area contributed by atoms with Crippen molar-refractivity contribution in [2.24, 2.45) is 5.73 Å². The van der Waals surface area contributed by atoms with Gasteiger partial charge in [-0.25, -0.2) is 9.18 Å². The number of pyridine rings is 1. The number of nitrogens with two attached hydrogens (primary N) is 1. The van der Waals surface area contributed by atoms with Crippen LogP contribution in [0.5, 0.6) is 0 Å². The maximum Gasteiger partial charge on any atom is 0.341 e. The molecule has 21 heavy (non-hydrogen) atoms. The van der Waals surface area contributed by atoms with Crippen molar-refractivity contribution in [3.63, 3.8) is 0 Å². The summed E-state index contributed by atoms with van der Waals surface area (Å²) in [5, 5.41) is 8.87. The van der Waals surface area contributed by atoms with Crippen LogP contribution in [0.15, 0.2) is 41.5 Å². The number of carbonyl (C=O) groups is 2. The number of halogens is 1. The molecule has 2 rings (SSSR count). The van der Waals surface area contributed by atoms with Crippen molar-refractivity contribution >= 4 is 11.9 Å². The van der Waals surface area contributed by atoms with Crippen molar-refractivity contribution in [3.8, 4) is 0 Å². The summed E-state index contributed by atoms with van der Waals surface area (Å²) >= 11 is 0. The molecule has 0 aliphatic heterocycles. The molecule has 0 atom stereocenters. The van der Waals surface area contributed by atoms with E-state index in [2.05, 4.69) is 0 Å². The Labute approximate surface area is 118 Å². The fourth-order valence-corrected chi connectivity index (χ4v) is 1.81. The number of primary amides is 1. The monoisotopic (exact) mass is 290 g/mol. The smallest absolute Gasteiger partial charge is 0.341 e. The fourth-order valence-electron chi connectivity index (χ4n) is 1.81. The van der Waals surface area contributed by atoms with Crippen molar-refractivity contribution in [1.29, 1.82) is 0 Å². The van der Waals surface area contributed by atoms with Crippen molar-refractivity contribution in [2.75, 3.05) is 0 Å². The Hall–Kier alpha value is -2.96. The van der Waals surface area contributed by atoms with Crippen LogP contribution in [0, 0.1) is 5.82 Å². The van der Waals surface area contributed by atoms with E-state index in [1.807, 2.05) is 0 Å². The van der Waals surface area contributed by atoms with E-state index in [4.69, 9.17) is 10.8 Å². The van der Waals surface area contributed by atoms with E-state index < -0.39 is 28.7 Å². The second-order valence-corrected chi connectivity index (χ2v) is 4.37. The van der Waals surface area contributed by atoms with Crippen LogP contribution in [0.25, 0.3) is 0 Å². The standard InChI is InChI=1S/C14H11FN2O4/c15-11-5-8(13(16)19)1-2-9(11)6-17-4-3-12(18)10(7-17)14(20)21/h1-5,7H,6H2,(H2,16,19)(H,20,21). The Kier molecular flexibility index (Phi) is 3.84. The second-order valence-electron chi connectivity index (χ2n) is 4.37. The molecule has 0 aliphatic carbocycles. The summed E-state index contributed by atoms with van der Waals surface area (Å²) in [4.78, 5) is 33.1. The Balaban J connectivity index is 2.34. The summed E-state index contributed by atoms with van der Waals surface area (Å²) in [5.74, 6) is -2.72. The van der Waals surface area contributed by atoms with Gasteiger partial charge in [0.2, 0.25) is 5.91 Å². The van der Waals surface area contributed by atoms with Crippen LogP contribution in [-0.4, -0.2) is 21.6 Å². The van der Waals surface area contributed by atoms with E-state index in [1.165, 1.54) is 22.9 Å². The Morgan fingerprint density at radius 3 is 2.57 bits per heavy atom. The first kappa shape index (κ1) is 14.4. The predicted molar refractivity (Wildman–Crippen MR) is 71.7 cm³/mol. The fraction of sp³-hybridized carbons (Fsp3) is 0.0714. The largest absolute Gasteiger partial charge is 0.477 e. The third kappa shape index (κ3) is 3.14. The van der Waals surface area contributed by atoms with Crippen molar-refractivity contribution in [2.45, 2.75) is 6.54 Å². The zero-order chi connectivity index (χ0) is 15.6. The molecular weight excluding hydrogens is 279 g/mol. The second kappa shape index (κ2) is 5.58. The number of hydrogen-bond donors (Lipinski definition) is 2. The first-order valence-corrected chi connectivity index (χ1v) is 5.90.